The third-order valence-electron chi connectivity index (χ3n) is 3.00. The van der Waals surface area contributed by atoms with Crippen LogP contribution in [0.1, 0.15) is 13.8 Å². The van der Waals surface area contributed by atoms with Gasteiger partial charge in [0.1, 0.15) is 5.75 Å². The second kappa shape index (κ2) is 7.11. The van der Waals surface area contributed by atoms with Crippen LogP contribution in [0.2, 0.25) is 0 Å². The number of aromatic hydroxyl groups is 1. The molecule has 7 heteroatoms. The van der Waals surface area contributed by atoms with Crippen molar-refractivity contribution >= 4 is 15.7 Å². The molecule has 120 valence electrons. The summed E-state index contributed by atoms with van der Waals surface area (Å²) in [6.07, 6.45) is 0. The molecule has 0 radical (unpaired) electrons. The normalized spacial score (nSPS) is 12.5. The summed E-state index contributed by atoms with van der Waals surface area (Å²) >= 11 is 0. The quantitative estimate of drug-likeness (QED) is 0.583. The van der Waals surface area contributed by atoms with Crippen molar-refractivity contribution in [2.24, 2.45) is 5.92 Å². The molecule has 0 aliphatic carbocycles. The van der Waals surface area contributed by atoms with Crippen molar-refractivity contribution in [1.82, 2.24) is 9.21 Å². The molecule has 3 N–H and O–H groups in total. The molecule has 0 saturated carbocycles. The van der Waals surface area contributed by atoms with Gasteiger partial charge in [-0.25, -0.2) is 8.42 Å². The molecule has 0 saturated heterocycles. The number of likely N-dealkylation sites (N-methyl/N-ethyl adjacent to an activating group) is 1. The van der Waals surface area contributed by atoms with Crippen molar-refractivity contribution in [3.63, 3.8) is 0 Å². The van der Waals surface area contributed by atoms with Gasteiger partial charge < -0.3 is 15.7 Å². The largest absolute Gasteiger partial charge is 0.506 e. The Balaban J connectivity index is 3.09. The lowest BCUT2D eigenvalue weighted by atomic mass is 10.2. The highest BCUT2D eigenvalue weighted by atomic mass is 32.2. The van der Waals surface area contributed by atoms with Crippen LogP contribution in [0.5, 0.6) is 5.75 Å². The van der Waals surface area contributed by atoms with Gasteiger partial charge in [-0.1, -0.05) is 13.8 Å². The maximum Gasteiger partial charge on any atom is 0.243 e. The van der Waals surface area contributed by atoms with E-state index in [0.717, 1.165) is 0 Å². The summed E-state index contributed by atoms with van der Waals surface area (Å²) in [7, 11) is 0.187. The highest BCUT2D eigenvalue weighted by Crippen LogP contribution is 2.25. The van der Waals surface area contributed by atoms with Crippen LogP contribution in [0.25, 0.3) is 0 Å². The lowest BCUT2D eigenvalue weighted by Crippen LogP contribution is -2.38. The minimum atomic E-state index is -3.62. The average Bonchev–Trinajstić information content (AvgIpc) is 2.36. The van der Waals surface area contributed by atoms with E-state index in [0.29, 0.717) is 19.6 Å². The third kappa shape index (κ3) is 4.87. The van der Waals surface area contributed by atoms with Crippen molar-refractivity contribution in [2.75, 3.05) is 39.5 Å². The second-order valence-corrected chi connectivity index (χ2v) is 7.72. The molecule has 0 bridgehead atoms. The van der Waals surface area contributed by atoms with Crippen LogP contribution in [-0.2, 0) is 10.0 Å². The average molecular weight is 315 g/mol. The Morgan fingerprint density at radius 2 is 1.86 bits per heavy atom. The summed E-state index contributed by atoms with van der Waals surface area (Å²) in [6, 6.07) is 3.99. The van der Waals surface area contributed by atoms with Gasteiger partial charge in [-0.3, -0.25) is 0 Å². The Labute approximate surface area is 127 Å². The van der Waals surface area contributed by atoms with Crippen LogP contribution in [0, 0.1) is 5.92 Å². The lowest BCUT2D eigenvalue weighted by molar-refractivity contribution is 0.312. The van der Waals surface area contributed by atoms with E-state index in [1.54, 1.807) is 0 Å². The fraction of sp³-hybridized carbons (Fsp3) is 0.571. The molecular weight excluding hydrogens is 290 g/mol. The van der Waals surface area contributed by atoms with Gasteiger partial charge in [-0.15, -0.1) is 0 Å². The minimum Gasteiger partial charge on any atom is -0.506 e. The number of anilines is 1. The number of hydrogen-bond acceptors (Lipinski definition) is 5. The zero-order chi connectivity index (χ0) is 16.2. The van der Waals surface area contributed by atoms with Crippen LogP contribution in [-0.4, -0.2) is 56.5 Å². The lowest BCUT2D eigenvalue weighted by Gasteiger charge is -2.25. The molecule has 0 fully saturated rings. The van der Waals surface area contributed by atoms with Crippen LogP contribution >= 0.6 is 0 Å². The van der Waals surface area contributed by atoms with Crippen molar-refractivity contribution in [1.29, 1.82) is 0 Å². The van der Waals surface area contributed by atoms with Gasteiger partial charge in [0.15, 0.2) is 0 Å². The van der Waals surface area contributed by atoms with Gasteiger partial charge in [0.25, 0.3) is 0 Å². The Hall–Kier alpha value is -1.31. The maximum atomic E-state index is 12.7. The number of benzene rings is 1. The molecule has 1 aromatic carbocycles. The smallest absolute Gasteiger partial charge is 0.243 e. The molecule has 1 rings (SSSR count). The van der Waals surface area contributed by atoms with Gasteiger partial charge in [0.2, 0.25) is 10.0 Å². The van der Waals surface area contributed by atoms with E-state index < -0.39 is 10.0 Å². The van der Waals surface area contributed by atoms with Crippen LogP contribution in [0.15, 0.2) is 23.1 Å². The molecule has 0 aromatic heterocycles. The molecule has 21 heavy (non-hydrogen) atoms. The molecule has 0 heterocycles. The number of sulfonamides is 1. The molecule has 0 spiro atoms. The van der Waals surface area contributed by atoms with Crippen LogP contribution in [0.3, 0.4) is 0 Å². The fourth-order valence-electron chi connectivity index (χ4n) is 1.87. The van der Waals surface area contributed by atoms with Gasteiger partial charge in [0, 0.05) is 19.6 Å². The Morgan fingerprint density at radius 1 is 1.24 bits per heavy atom. The maximum absolute atomic E-state index is 12.7. The molecule has 0 aliphatic heterocycles. The van der Waals surface area contributed by atoms with Crippen molar-refractivity contribution < 1.29 is 13.5 Å². The Morgan fingerprint density at radius 3 is 2.33 bits per heavy atom. The predicted molar refractivity (Wildman–Crippen MR) is 84.7 cm³/mol. The number of hydrogen-bond donors (Lipinski definition) is 2. The fourth-order valence-corrected chi connectivity index (χ4v) is 3.50. The highest BCUT2D eigenvalue weighted by Gasteiger charge is 2.25. The van der Waals surface area contributed by atoms with Crippen molar-refractivity contribution in [3.05, 3.63) is 18.2 Å². The third-order valence-corrected chi connectivity index (χ3v) is 4.86. The molecule has 0 atom stereocenters. The summed E-state index contributed by atoms with van der Waals surface area (Å²) in [5, 5.41) is 9.43. The van der Waals surface area contributed by atoms with Crippen molar-refractivity contribution in [3.8, 4) is 5.75 Å². The number of phenols is 1. The number of rotatable bonds is 7. The van der Waals surface area contributed by atoms with E-state index in [-0.39, 0.29) is 22.3 Å². The molecule has 0 amide bonds. The zero-order valence-electron chi connectivity index (χ0n) is 13.1. The predicted octanol–water partition coefficient (Wildman–Crippen LogP) is 1.18. The first kappa shape index (κ1) is 17.7. The molecular formula is C14H25N3O3S. The zero-order valence-corrected chi connectivity index (χ0v) is 13.9. The Bertz CT molecular complexity index is 571. The standard InChI is InChI=1S/C14H25N3O3S/c1-11(2)10-17(8-7-16(3)4)21(19,20)12-5-6-14(18)13(15)9-12/h5-6,9,11,18H,7-8,10,15H2,1-4H3. The summed E-state index contributed by atoms with van der Waals surface area (Å²) in [5.74, 6) is 0.106. The Kier molecular flexibility index (Phi) is 6.00. The molecule has 1 aromatic rings. The van der Waals surface area contributed by atoms with Gasteiger partial charge >= 0.3 is 0 Å². The van der Waals surface area contributed by atoms with E-state index in [9.17, 15) is 13.5 Å². The van der Waals surface area contributed by atoms with E-state index >= 15 is 0 Å². The van der Waals surface area contributed by atoms with Crippen LogP contribution in [0.4, 0.5) is 5.69 Å². The first-order valence-electron chi connectivity index (χ1n) is 6.88. The van der Waals surface area contributed by atoms with E-state index in [4.69, 9.17) is 5.73 Å². The first-order chi connectivity index (χ1) is 9.64. The molecule has 0 unspecified atom stereocenters. The summed E-state index contributed by atoms with van der Waals surface area (Å²) in [4.78, 5) is 2.05. The topological polar surface area (TPSA) is 86.9 Å². The monoisotopic (exact) mass is 315 g/mol. The van der Waals surface area contributed by atoms with Gasteiger partial charge in [-0.05, 0) is 38.2 Å². The number of phenolic OH excluding ortho intramolecular Hbond substituents is 1. The highest BCUT2D eigenvalue weighted by molar-refractivity contribution is 7.89. The van der Waals surface area contributed by atoms with E-state index in [1.807, 2.05) is 32.8 Å². The first-order valence-corrected chi connectivity index (χ1v) is 8.32. The number of nitrogens with zero attached hydrogens (tertiary/aromatic N) is 2. The van der Waals surface area contributed by atoms with Crippen LogP contribution < -0.4 is 5.73 Å². The number of nitrogens with two attached hydrogens (primary N) is 1. The van der Waals surface area contributed by atoms with E-state index in [2.05, 4.69) is 0 Å². The molecule has 0 aliphatic rings. The minimum absolute atomic E-state index is 0.0631. The second-order valence-electron chi connectivity index (χ2n) is 5.78. The summed E-state index contributed by atoms with van der Waals surface area (Å²) in [6.45, 7) is 5.44. The van der Waals surface area contributed by atoms with Crippen molar-refractivity contribution in [2.45, 2.75) is 18.7 Å². The molecule has 6 nitrogen and oxygen atoms in total. The number of nitrogen functional groups attached to an aromatic ring is 1. The SMILES string of the molecule is CC(C)CN(CCN(C)C)S(=O)(=O)c1ccc(O)c(N)c1. The van der Waals surface area contributed by atoms with Gasteiger partial charge in [0.05, 0.1) is 10.6 Å². The van der Waals surface area contributed by atoms with E-state index in [1.165, 1.54) is 22.5 Å². The van der Waals surface area contributed by atoms with Gasteiger partial charge in [-0.2, -0.15) is 4.31 Å². The summed E-state index contributed by atoms with van der Waals surface area (Å²) in [5.41, 5.74) is 5.66. The summed E-state index contributed by atoms with van der Waals surface area (Å²) < 4.78 is 26.9.